The molecule has 1 aliphatic rings. The lowest BCUT2D eigenvalue weighted by molar-refractivity contribution is -0.120. The molecule has 0 saturated carbocycles. The molecule has 2 aromatic rings. The first kappa shape index (κ1) is 20.2. The zero-order chi connectivity index (χ0) is 20.8. The molecule has 29 heavy (non-hydrogen) atoms. The molecule has 2 amide bonds. The van der Waals surface area contributed by atoms with Crippen molar-refractivity contribution in [3.8, 4) is 17.2 Å². The fourth-order valence-corrected chi connectivity index (χ4v) is 3.08. The van der Waals surface area contributed by atoms with E-state index < -0.39 is 11.8 Å². The molecule has 0 aliphatic heterocycles. The predicted molar refractivity (Wildman–Crippen MR) is 108 cm³/mol. The Bertz CT molecular complexity index is 955. The maximum atomic E-state index is 12.3. The first-order chi connectivity index (χ1) is 14.0. The van der Waals surface area contributed by atoms with Gasteiger partial charge in [0.2, 0.25) is 0 Å². The van der Waals surface area contributed by atoms with Crippen molar-refractivity contribution in [1.29, 1.82) is 0 Å². The van der Waals surface area contributed by atoms with Crippen LogP contribution in [0.1, 0.15) is 27.9 Å². The molecule has 2 aromatic carbocycles. The number of hydrazone groups is 1. The van der Waals surface area contributed by atoms with E-state index in [1.807, 2.05) is 18.2 Å². The number of carbonyl (C=O) groups is 2. The molecule has 0 unspecified atom stereocenters. The third kappa shape index (κ3) is 4.66. The molecular formula is C21H23N3O5. The molecule has 0 aromatic heterocycles. The number of hydrogen-bond acceptors (Lipinski definition) is 6. The number of amides is 2. The van der Waals surface area contributed by atoms with Crippen LogP contribution in [0.3, 0.4) is 0 Å². The van der Waals surface area contributed by atoms with E-state index in [2.05, 4.69) is 15.8 Å². The summed E-state index contributed by atoms with van der Waals surface area (Å²) in [7, 11) is 4.61. The quantitative estimate of drug-likeness (QED) is 0.696. The highest BCUT2D eigenvalue weighted by atomic mass is 16.5. The summed E-state index contributed by atoms with van der Waals surface area (Å²) in [5, 5.41) is 6.78. The number of hydrogen-bond donors (Lipinski definition) is 2. The molecule has 0 heterocycles. The Hall–Kier alpha value is -3.55. The van der Waals surface area contributed by atoms with Crippen molar-refractivity contribution in [2.24, 2.45) is 5.10 Å². The number of nitrogens with one attached hydrogen (secondary N) is 2. The lowest BCUT2D eigenvalue weighted by Crippen LogP contribution is -2.35. The predicted octanol–water partition coefficient (Wildman–Crippen LogP) is 1.91. The molecule has 0 fully saturated rings. The van der Waals surface area contributed by atoms with Gasteiger partial charge in [-0.2, -0.15) is 5.10 Å². The monoisotopic (exact) mass is 397 g/mol. The van der Waals surface area contributed by atoms with Gasteiger partial charge in [-0.1, -0.05) is 6.07 Å². The summed E-state index contributed by atoms with van der Waals surface area (Å²) in [6.45, 7) is -0.199. The van der Waals surface area contributed by atoms with Gasteiger partial charge in [0.15, 0.2) is 11.5 Å². The van der Waals surface area contributed by atoms with Crippen LogP contribution in [0.2, 0.25) is 0 Å². The first-order valence-electron chi connectivity index (χ1n) is 9.08. The fraction of sp³-hybridized carbons (Fsp3) is 0.286. The van der Waals surface area contributed by atoms with Gasteiger partial charge in [-0.15, -0.1) is 0 Å². The van der Waals surface area contributed by atoms with Gasteiger partial charge in [0.25, 0.3) is 11.8 Å². The number of rotatable bonds is 7. The second-order valence-corrected chi connectivity index (χ2v) is 6.37. The largest absolute Gasteiger partial charge is 0.497 e. The molecule has 8 heteroatoms. The Kier molecular flexibility index (Phi) is 6.33. The van der Waals surface area contributed by atoms with E-state index in [9.17, 15) is 9.59 Å². The molecule has 8 nitrogen and oxygen atoms in total. The van der Waals surface area contributed by atoms with Gasteiger partial charge >= 0.3 is 0 Å². The number of carbonyl (C=O) groups excluding carboxylic acids is 2. The van der Waals surface area contributed by atoms with Crippen molar-refractivity contribution in [2.45, 2.75) is 12.8 Å². The second-order valence-electron chi connectivity index (χ2n) is 6.37. The summed E-state index contributed by atoms with van der Waals surface area (Å²) in [4.78, 5) is 24.4. The number of ether oxygens (including phenoxy) is 3. The Labute approximate surface area is 168 Å². The normalized spacial score (nSPS) is 13.6. The standard InChI is InChI=1S/C21H23N3O5/c1-27-15-7-4-13-5-8-17(16(13)11-15)23-24-20(25)12-22-21(26)14-6-9-18(28-2)19(10-14)29-3/h4,6-7,9-11H,5,8,12H2,1-3H3,(H,22,26)(H,24,25)/b23-17+. The molecule has 2 N–H and O–H groups in total. The lowest BCUT2D eigenvalue weighted by atomic mass is 10.1. The minimum atomic E-state index is -0.414. The Morgan fingerprint density at radius 1 is 0.966 bits per heavy atom. The van der Waals surface area contributed by atoms with Crippen molar-refractivity contribution in [3.63, 3.8) is 0 Å². The van der Waals surface area contributed by atoms with Gasteiger partial charge < -0.3 is 19.5 Å². The van der Waals surface area contributed by atoms with Gasteiger partial charge in [-0.05, 0) is 48.7 Å². The van der Waals surface area contributed by atoms with Crippen molar-refractivity contribution in [2.75, 3.05) is 27.9 Å². The molecular weight excluding hydrogens is 374 g/mol. The minimum Gasteiger partial charge on any atom is -0.497 e. The molecule has 0 saturated heterocycles. The SMILES string of the molecule is COc1ccc2c(c1)/C(=N/NC(=O)CNC(=O)c1ccc(OC)c(OC)c1)CC2. The zero-order valence-corrected chi connectivity index (χ0v) is 16.6. The molecule has 1 aliphatic carbocycles. The Balaban J connectivity index is 1.57. The van der Waals surface area contributed by atoms with Crippen LogP contribution < -0.4 is 25.0 Å². The first-order valence-corrected chi connectivity index (χ1v) is 9.08. The Morgan fingerprint density at radius 3 is 2.48 bits per heavy atom. The molecule has 0 radical (unpaired) electrons. The van der Waals surface area contributed by atoms with E-state index in [0.717, 1.165) is 29.9 Å². The van der Waals surface area contributed by atoms with Crippen LogP contribution in [0.15, 0.2) is 41.5 Å². The van der Waals surface area contributed by atoms with Gasteiger partial charge in [0.05, 0.1) is 33.6 Å². The fourth-order valence-electron chi connectivity index (χ4n) is 3.08. The number of benzene rings is 2. The smallest absolute Gasteiger partial charge is 0.259 e. The number of nitrogens with zero attached hydrogens (tertiary/aromatic N) is 1. The van der Waals surface area contributed by atoms with Crippen LogP contribution in [0.25, 0.3) is 0 Å². The van der Waals surface area contributed by atoms with E-state index in [1.54, 1.807) is 25.3 Å². The zero-order valence-electron chi connectivity index (χ0n) is 16.6. The maximum Gasteiger partial charge on any atom is 0.259 e. The van der Waals surface area contributed by atoms with E-state index >= 15 is 0 Å². The summed E-state index contributed by atoms with van der Waals surface area (Å²) < 4.78 is 15.6. The van der Waals surface area contributed by atoms with Gasteiger partial charge in [-0.25, -0.2) is 5.43 Å². The van der Waals surface area contributed by atoms with E-state index in [1.165, 1.54) is 19.8 Å². The highest BCUT2D eigenvalue weighted by molar-refractivity contribution is 6.05. The van der Waals surface area contributed by atoms with E-state index in [-0.39, 0.29) is 6.54 Å². The van der Waals surface area contributed by atoms with Crippen LogP contribution in [0.5, 0.6) is 17.2 Å². The highest BCUT2D eigenvalue weighted by Gasteiger charge is 2.19. The average Bonchev–Trinajstić information content (AvgIpc) is 3.17. The number of fused-ring (bicyclic) bond motifs is 1. The van der Waals surface area contributed by atoms with Crippen molar-refractivity contribution in [1.82, 2.24) is 10.7 Å². The molecule has 0 spiro atoms. The minimum absolute atomic E-state index is 0.199. The lowest BCUT2D eigenvalue weighted by Gasteiger charge is -2.10. The van der Waals surface area contributed by atoms with Crippen LogP contribution in [0.4, 0.5) is 0 Å². The average molecular weight is 397 g/mol. The summed E-state index contributed by atoms with van der Waals surface area (Å²) >= 11 is 0. The molecule has 152 valence electrons. The second kappa shape index (κ2) is 9.09. The van der Waals surface area contributed by atoms with E-state index in [0.29, 0.717) is 17.1 Å². The van der Waals surface area contributed by atoms with Crippen LogP contribution in [-0.4, -0.2) is 45.4 Å². The number of aryl methyl sites for hydroxylation is 1. The van der Waals surface area contributed by atoms with Gasteiger partial charge in [0, 0.05) is 11.1 Å². The van der Waals surface area contributed by atoms with Crippen LogP contribution in [-0.2, 0) is 11.2 Å². The highest BCUT2D eigenvalue weighted by Crippen LogP contribution is 2.28. The summed E-state index contributed by atoms with van der Waals surface area (Å²) in [6.07, 6.45) is 1.60. The van der Waals surface area contributed by atoms with Crippen LogP contribution >= 0.6 is 0 Å². The summed E-state index contributed by atoms with van der Waals surface area (Å²) in [6, 6.07) is 10.6. The molecule has 0 bridgehead atoms. The number of methoxy groups -OCH3 is 3. The third-order valence-electron chi connectivity index (χ3n) is 4.63. The van der Waals surface area contributed by atoms with Gasteiger partial charge in [0.1, 0.15) is 5.75 Å². The summed E-state index contributed by atoms with van der Waals surface area (Å²) in [5.41, 5.74) is 5.79. The summed E-state index contributed by atoms with van der Waals surface area (Å²) in [5.74, 6) is 0.886. The maximum absolute atomic E-state index is 12.3. The molecule has 0 atom stereocenters. The van der Waals surface area contributed by atoms with Crippen molar-refractivity contribution in [3.05, 3.63) is 53.1 Å². The van der Waals surface area contributed by atoms with Gasteiger partial charge in [-0.3, -0.25) is 9.59 Å². The van der Waals surface area contributed by atoms with Crippen molar-refractivity contribution < 1.29 is 23.8 Å². The van der Waals surface area contributed by atoms with Crippen molar-refractivity contribution >= 4 is 17.5 Å². The molecule has 3 rings (SSSR count). The Morgan fingerprint density at radius 2 is 1.76 bits per heavy atom. The third-order valence-corrected chi connectivity index (χ3v) is 4.63. The topological polar surface area (TPSA) is 98.2 Å². The van der Waals surface area contributed by atoms with E-state index in [4.69, 9.17) is 14.2 Å². The van der Waals surface area contributed by atoms with Crippen LogP contribution in [0, 0.1) is 0 Å².